The monoisotopic (exact) mass is 438 g/mol. The van der Waals surface area contributed by atoms with E-state index in [9.17, 15) is 18.4 Å². The Morgan fingerprint density at radius 2 is 1.58 bits per heavy atom. The van der Waals surface area contributed by atoms with Crippen LogP contribution in [0.3, 0.4) is 0 Å². The van der Waals surface area contributed by atoms with Gasteiger partial charge in [-0.1, -0.05) is 12.8 Å². The summed E-state index contributed by atoms with van der Waals surface area (Å²) in [5, 5.41) is 2.81. The summed E-state index contributed by atoms with van der Waals surface area (Å²) >= 11 is 0. The van der Waals surface area contributed by atoms with Crippen molar-refractivity contribution in [1.82, 2.24) is 14.7 Å². The van der Waals surface area contributed by atoms with Crippen LogP contribution in [0.4, 0.5) is 14.5 Å². The quantitative estimate of drug-likeness (QED) is 0.709. The minimum absolute atomic E-state index is 0.0480. The molecule has 0 bridgehead atoms. The molecule has 2 aliphatic heterocycles. The number of halogens is 2. The van der Waals surface area contributed by atoms with E-state index in [1.54, 1.807) is 0 Å². The molecule has 0 saturated carbocycles. The van der Waals surface area contributed by atoms with Crippen LogP contribution in [0, 0.1) is 0 Å². The van der Waals surface area contributed by atoms with Gasteiger partial charge < -0.3 is 15.0 Å². The van der Waals surface area contributed by atoms with Gasteiger partial charge in [0.2, 0.25) is 11.8 Å². The van der Waals surface area contributed by atoms with E-state index in [1.807, 2.05) is 11.8 Å². The molecule has 2 heterocycles. The fraction of sp³-hybridized carbons (Fsp3) is 0.636. The molecule has 1 atom stereocenters. The summed E-state index contributed by atoms with van der Waals surface area (Å²) in [5.74, 6) is 0.101. The van der Waals surface area contributed by atoms with Gasteiger partial charge in [0.15, 0.2) is 0 Å². The van der Waals surface area contributed by atoms with E-state index in [1.165, 1.54) is 37.1 Å². The Bertz CT molecular complexity index is 716. The first-order valence-electron chi connectivity index (χ1n) is 11.0. The average molecular weight is 439 g/mol. The lowest BCUT2D eigenvalue weighted by atomic mass is 10.2. The topological polar surface area (TPSA) is 65.1 Å². The highest BCUT2D eigenvalue weighted by Crippen LogP contribution is 2.18. The van der Waals surface area contributed by atoms with E-state index >= 15 is 0 Å². The van der Waals surface area contributed by atoms with E-state index in [0.717, 1.165) is 39.0 Å². The Kier molecular flexibility index (Phi) is 8.60. The molecule has 2 saturated heterocycles. The number of hydrogen-bond acceptors (Lipinski definition) is 5. The number of carbonyl (C=O) groups is 2. The second-order valence-electron chi connectivity index (χ2n) is 8.18. The second kappa shape index (κ2) is 11.4. The van der Waals surface area contributed by atoms with Gasteiger partial charge in [0.05, 0.1) is 12.6 Å². The summed E-state index contributed by atoms with van der Waals surface area (Å²) in [5.41, 5.74) is 0.528. The van der Waals surface area contributed by atoms with E-state index < -0.39 is 6.61 Å². The Morgan fingerprint density at radius 3 is 2.16 bits per heavy atom. The molecule has 31 heavy (non-hydrogen) atoms. The minimum Gasteiger partial charge on any atom is -0.435 e. The normalized spacial score (nSPS) is 19.7. The van der Waals surface area contributed by atoms with Crippen LogP contribution in [-0.2, 0) is 9.59 Å². The first-order valence-corrected chi connectivity index (χ1v) is 11.0. The molecule has 3 rings (SSSR count). The SMILES string of the molecule is CC(C(=O)Nc1ccc(OC(F)F)cc1)N1CCN(CC(=O)N2CCCCCC2)CC1. The number of piperazine rings is 1. The smallest absolute Gasteiger partial charge is 0.387 e. The highest BCUT2D eigenvalue weighted by atomic mass is 19.3. The van der Waals surface area contributed by atoms with Crippen LogP contribution in [0.15, 0.2) is 24.3 Å². The van der Waals surface area contributed by atoms with Crippen LogP contribution in [-0.4, -0.2) is 85.0 Å². The standard InChI is InChI=1S/C22H32F2N4O3/c1-17(21(30)25-18-6-8-19(9-7-18)31-22(23)24)27-14-12-26(13-15-27)16-20(29)28-10-4-2-3-5-11-28/h6-9,17,22H,2-5,10-16H2,1H3,(H,25,30). The lowest BCUT2D eigenvalue weighted by Crippen LogP contribution is -2.54. The van der Waals surface area contributed by atoms with Crippen LogP contribution in [0.1, 0.15) is 32.6 Å². The lowest BCUT2D eigenvalue weighted by molar-refractivity contribution is -0.133. The molecule has 1 aromatic carbocycles. The Hall–Kier alpha value is -2.26. The van der Waals surface area contributed by atoms with Crippen molar-refractivity contribution in [2.75, 3.05) is 51.1 Å². The maximum Gasteiger partial charge on any atom is 0.387 e. The molecule has 2 aliphatic rings. The molecule has 0 aromatic heterocycles. The average Bonchev–Trinajstić information content (AvgIpc) is 3.04. The molecule has 9 heteroatoms. The Labute approximate surface area is 182 Å². The number of alkyl halides is 2. The van der Waals surface area contributed by atoms with E-state index in [4.69, 9.17) is 0 Å². The van der Waals surface area contributed by atoms with Gasteiger partial charge in [-0.05, 0) is 44.0 Å². The number of carbonyl (C=O) groups excluding carboxylic acids is 2. The molecule has 0 radical (unpaired) electrons. The molecule has 0 spiro atoms. The van der Waals surface area contributed by atoms with Crippen molar-refractivity contribution < 1.29 is 23.1 Å². The molecular weight excluding hydrogens is 406 g/mol. The van der Waals surface area contributed by atoms with E-state index in [-0.39, 0.29) is 23.6 Å². The number of hydrogen-bond donors (Lipinski definition) is 1. The third-order valence-corrected chi connectivity index (χ3v) is 6.00. The molecule has 0 aliphatic carbocycles. The highest BCUT2D eigenvalue weighted by Gasteiger charge is 2.27. The predicted octanol–water partition coefficient (Wildman–Crippen LogP) is 2.64. The third kappa shape index (κ3) is 7.14. The lowest BCUT2D eigenvalue weighted by Gasteiger charge is -2.37. The minimum atomic E-state index is -2.88. The molecular formula is C22H32F2N4O3. The van der Waals surface area contributed by atoms with Crippen LogP contribution >= 0.6 is 0 Å². The van der Waals surface area contributed by atoms with Crippen molar-refractivity contribution in [3.63, 3.8) is 0 Å². The molecule has 1 N–H and O–H groups in total. The van der Waals surface area contributed by atoms with Gasteiger partial charge in [-0.15, -0.1) is 0 Å². The highest BCUT2D eigenvalue weighted by molar-refractivity contribution is 5.94. The summed E-state index contributed by atoms with van der Waals surface area (Å²) in [7, 11) is 0. The van der Waals surface area contributed by atoms with Crippen molar-refractivity contribution in [2.45, 2.75) is 45.3 Å². The van der Waals surface area contributed by atoms with Crippen LogP contribution in [0.25, 0.3) is 0 Å². The molecule has 1 unspecified atom stereocenters. The first-order chi connectivity index (χ1) is 14.9. The zero-order valence-corrected chi connectivity index (χ0v) is 18.1. The number of amides is 2. The summed E-state index contributed by atoms with van der Waals surface area (Å²) in [6.07, 6.45) is 4.59. The number of nitrogens with one attached hydrogen (secondary N) is 1. The summed E-state index contributed by atoms with van der Waals surface area (Å²) < 4.78 is 28.8. The van der Waals surface area contributed by atoms with Crippen LogP contribution in [0.2, 0.25) is 0 Å². The zero-order chi connectivity index (χ0) is 22.2. The Morgan fingerprint density at radius 1 is 0.968 bits per heavy atom. The summed E-state index contributed by atoms with van der Waals surface area (Å²) in [6.45, 7) is 4.07. The summed E-state index contributed by atoms with van der Waals surface area (Å²) in [6, 6.07) is 5.53. The van der Waals surface area contributed by atoms with Crippen molar-refractivity contribution in [1.29, 1.82) is 0 Å². The van der Waals surface area contributed by atoms with Gasteiger partial charge in [0.1, 0.15) is 5.75 Å². The molecule has 7 nitrogen and oxygen atoms in total. The molecule has 2 amide bonds. The number of benzene rings is 1. The van der Waals surface area contributed by atoms with Crippen molar-refractivity contribution in [2.24, 2.45) is 0 Å². The molecule has 172 valence electrons. The zero-order valence-electron chi connectivity index (χ0n) is 18.1. The van der Waals surface area contributed by atoms with Gasteiger partial charge in [-0.3, -0.25) is 19.4 Å². The fourth-order valence-electron chi connectivity index (χ4n) is 4.05. The largest absolute Gasteiger partial charge is 0.435 e. The summed E-state index contributed by atoms with van der Waals surface area (Å²) in [4.78, 5) is 31.4. The molecule has 2 fully saturated rings. The van der Waals surface area contributed by atoms with Gasteiger partial charge in [0.25, 0.3) is 0 Å². The fourth-order valence-corrected chi connectivity index (χ4v) is 4.05. The maximum absolute atomic E-state index is 12.6. The van der Waals surface area contributed by atoms with Crippen molar-refractivity contribution in [3.05, 3.63) is 24.3 Å². The van der Waals surface area contributed by atoms with E-state index in [2.05, 4.69) is 19.9 Å². The number of anilines is 1. The number of rotatable bonds is 7. The van der Waals surface area contributed by atoms with Gasteiger partial charge >= 0.3 is 6.61 Å². The van der Waals surface area contributed by atoms with Gasteiger partial charge in [-0.25, -0.2) is 0 Å². The van der Waals surface area contributed by atoms with Crippen LogP contribution < -0.4 is 10.1 Å². The van der Waals surface area contributed by atoms with Crippen LogP contribution in [0.5, 0.6) is 5.75 Å². The number of nitrogens with zero attached hydrogens (tertiary/aromatic N) is 3. The number of likely N-dealkylation sites (tertiary alicyclic amines) is 1. The van der Waals surface area contributed by atoms with Crippen molar-refractivity contribution in [3.8, 4) is 5.75 Å². The van der Waals surface area contributed by atoms with Crippen molar-refractivity contribution >= 4 is 17.5 Å². The predicted molar refractivity (Wildman–Crippen MR) is 114 cm³/mol. The Balaban J connectivity index is 1.42. The first kappa shape index (κ1) is 23.4. The third-order valence-electron chi connectivity index (χ3n) is 6.00. The maximum atomic E-state index is 12.6. The number of ether oxygens (including phenoxy) is 1. The van der Waals surface area contributed by atoms with E-state index in [0.29, 0.717) is 25.3 Å². The van der Waals surface area contributed by atoms with Gasteiger partial charge in [-0.2, -0.15) is 8.78 Å². The molecule has 1 aromatic rings. The second-order valence-corrected chi connectivity index (χ2v) is 8.18. The van der Waals surface area contributed by atoms with Gasteiger partial charge in [0, 0.05) is 45.0 Å².